The molecular weight excluding hydrogens is 559 g/mol. The monoisotopic (exact) mass is 575 g/mol. The van der Waals surface area contributed by atoms with E-state index < -0.39 is 32.1 Å². The molecule has 0 bridgehead atoms. The summed E-state index contributed by atoms with van der Waals surface area (Å²) in [7, 11) is -8.24. The number of hydrogen-bond donors (Lipinski definition) is 2. The van der Waals surface area contributed by atoms with Crippen LogP contribution < -0.4 is 9.44 Å². The summed E-state index contributed by atoms with van der Waals surface area (Å²) < 4.78 is 93.7. The first-order chi connectivity index (χ1) is 17.2. The maximum atomic E-state index is 12.9. The molecule has 1 aliphatic rings. The Labute approximate surface area is 214 Å². The van der Waals surface area contributed by atoms with Gasteiger partial charge in [0.15, 0.2) is 11.0 Å². The summed E-state index contributed by atoms with van der Waals surface area (Å²) in [4.78, 5) is 11.8. The van der Waals surface area contributed by atoms with Gasteiger partial charge in [0.25, 0.3) is 20.0 Å². The molecule has 37 heavy (non-hydrogen) atoms. The molecular formula is C21H17ClF3N5O5S2. The van der Waals surface area contributed by atoms with E-state index in [1.807, 2.05) is 0 Å². The predicted molar refractivity (Wildman–Crippen MR) is 127 cm³/mol. The van der Waals surface area contributed by atoms with Gasteiger partial charge in [-0.1, -0.05) is 17.7 Å². The standard InChI is InChI=1S/C21H17ClF3N5O5S2/c22-18-7-8-19(27-26-18)29-36(32,33)16-5-2-15(3-6-16)28-37(34,35)17-4-1-13-9-10-30(12-14(13)11-17)20(31)21(23,24)25/h1-8,11,28H,9-10,12H2,(H,27,29). The number of alkyl halides is 3. The van der Waals surface area contributed by atoms with Gasteiger partial charge in [-0.15, -0.1) is 10.2 Å². The zero-order valence-corrected chi connectivity index (χ0v) is 20.9. The van der Waals surface area contributed by atoms with Crippen molar-refractivity contribution in [2.75, 3.05) is 16.0 Å². The Balaban J connectivity index is 1.49. The van der Waals surface area contributed by atoms with Crippen LogP contribution in [0.5, 0.6) is 0 Å². The highest BCUT2D eigenvalue weighted by Gasteiger charge is 2.43. The van der Waals surface area contributed by atoms with Gasteiger partial charge in [0.05, 0.1) is 9.79 Å². The van der Waals surface area contributed by atoms with Crippen LogP contribution in [0.2, 0.25) is 5.15 Å². The Hall–Kier alpha value is -3.43. The number of amides is 1. The number of anilines is 2. The normalized spacial score (nSPS) is 14.1. The van der Waals surface area contributed by atoms with Gasteiger partial charge in [-0.05, 0) is 66.1 Å². The minimum atomic E-state index is -5.03. The summed E-state index contributed by atoms with van der Waals surface area (Å²) in [5, 5.41) is 7.21. The van der Waals surface area contributed by atoms with E-state index in [0.29, 0.717) is 10.5 Å². The first-order valence-corrected chi connectivity index (χ1v) is 13.7. The number of sulfonamides is 2. The smallest absolute Gasteiger partial charge is 0.330 e. The Morgan fingerprint density at radius 1 is 0.865 bits per heavy atom. The molecule has 4 rings (SSSR count). The van der Waals surface area contributed by atoms with Crippen molar-refractivity contribution in [2.24, 2.45) is 0 Å². The summed E-state index contributed by atoms with van der Waals surface area (Å²) in [6.07, 6.45) is -4.88. The molecule has 2 N–H and O–H groups in total. The van der Waals surface area contributed by atoms with Gasteiger partial charge < -0.3 is 4.90 Å². The fourth-order valence-corrected chi connectivity index (χ4v) is 5.74. The van der Waals surface area contributed by atoms with Crippen molar-refractivity contribution in [3.8, 4) is 0 Å². The molecule has 1 aromatic heterocycles. The van der Waals surface area contributed by atoms with Crippen LogP contribution in [0.3, 0.4) is 0 Å². The number of nitrogens with one attached hydrogen (secondary N) is 2. The quantitative estimate of drug-likeness (QED) is 0.460. The molecule has 0 fully saturated rings. The number of aromatic nitrogens is 2. The SMILES string of the molecule is O=C(N1CCc2ccc(S(=O)(=O)Nc3ccc(S(=O)(=O)Nc4ccc(Cl)nn4)cc3)cc2C1)C(F)(F)F. The van der Waals surface area contributed by atoms with Crippen LogP contribution in [0.15, 0.2) is 64.4 Å². The van der Waals surface area contributed by atoms with Crippen molar-refractivity contribution < 1.29 is 34.8 Å². The summed E-state index contributed by atoms with van der Waals surface area (Å²) in [5.41, 5.74) is 0.957. The zero-order valence-electron chi connectivity index (χ0n) is 18.5. The van der Waals surface area contributed by atoms with E-state index in [2.05, 4.69) is 19.6 Å². The van der Waals surface area contributed by atoms with Crippen molar-refractivity contribution >= 4 is 49.1 Å². The third kappa shape index (κ3) is 6.11. The van der Waals surface area contributed by atoms with Crippen molar-refractivity contribution in [1.82, 2.24) is 15.1 Å². The summed E-state index contributed by atoms with van der Waals surface area (Å²) in [6.45, 7) is -0.515. The second-order valence-corrected chi connectivity index (χ2v) is 11.6. The third-order valence-electron chi connectivity index (χ3n) is 5.32. The Bertz CT molecular complexity index is 1550. The Morgan fingerprint density at radius 2 is 1.51 bits per heavy atom. The highest BCUT2D eigenvalue weighted by atomic mass is 35.5. The molecule has 10 nitrogen and oxygen atoms in total. The Kier molecular flexibility index (Phi) is 7.05. The van der Waals surface area contributed by atoms with Crippen molar-refractivity contribution in [3.05, 3.63) is 70.9 Å². The topological polar surface area (TPSA) is 138 Å². The number of carbonyl (C=O) groups excluding carboxylic acids is 1. The van der Waals surface area contributed by atoms with Gasteiger partial charge in [0.2, 0.25) is 0 Å². The maximum absolute atomic E-state index is 12.9. The molecule has 2 heterocycles. The predicted octanol–water partition coefficient (Wildman–Crippen LogP) is 3.18. The molecule has 0 unspecified atom stereocenters. The van der Waals surface area contributed by atoms with E-state index >= 15 is 0 Å². The van der Waals surface area contributed by atoms with E-state index in [0.717, 1.165) is 12.1 Å². The molecule has 2 aromatic carbocycles. The lowest BCUT2D eigenvalue weighted by atomic mass is 10.00. The molecule has 0 atom stereocenters. The molecule has 196 valence electrons. The van der Waals surface area contributed by atoms with Crippen LogP contribution in [0.1, 0.15) is 11.1 Å². The van der Waals surface area contributed by atoms with E-state index in [4.69, 9.17) is 11.6 Å². The molecule has 0 radical (unpaired) electrons. The molecule has 0 saturated carbocycles. The number of benzene rings is 2. The van der Waals surface area contributed by atoms with E-state index in [1.54, 1.807) is 0 Å². The van der Waals surface area contributed by atoms with Crippen LogP contribution in [-0.2, 0) is 37.8 Å². The minimum absolute atomic E-state index is 0.0387. The number of hydrogen-bond acceptors (Lipinski definition) is 7. The largest absolute Gasteiger partial charge is 0.471 e. The lowest BCUT2D eigenvalue weighted by molar-refractivity contribution is -0.186. The van der Waals surface area contributed by atoms with E-state index in [9.17, 15) is 34.8 Å². The lowest BCUT2D eigenvalue weighted by Gasteiger charge is -2.29. The van der Waals surface area contributed by atoms with Crippen LogP contribution >= 0.6 is 11.6 Å². The maximum Gasteiger partial charge on any atom is 0.471 e. The van der Waals surface area contributed by atoms with Gasteiger partial charge in [-0.2, -0.15) is 13.2 Å². The number of fused-ring (bicyclic) bond motifs is 1. The fourth-order valence-electron chi connectivity index (χ4n) is 3.54. The second kappa shape index (κ2) is 9.79. The molecule has 1 amide bonds. The third-order valence-corrected chi connectivity index (χ3v) is 8.27. The molecule has 1 aliphatic heterocycles. The lowest BCUT2D eigenvalue weighted by Crippen LogP contribution is -2.43. The molecule has 0 spiro atoms. The van der Waals surface area contributed by atoms with Gasteiger partial charge in [0.1, 0.15) is 0 Å². The average molecular weight is 576 g/mol. The number of rotatable bonds is 6. The van der Waals surface area contributed by atoms with Crippen molar-refractivity contribution in [2.45, 2.75) is 28.9 Å². The Morgan fingerprint density at radius 3 is 2.14 bits per heavy atom. The molecule has 16 heteroatoms. The first kappa shape index (κ1) is 26.6. The second-order valence-electron chi connectivity index (χ2n) is 7.88. The zero-order chi connectivity index (χ0) is 27.0. The summed E-state index contributed by atoms with van der Waals surface area (Å²) in [5.74, 6) is -2.06. The highest BCUT2D eigenvalue weighted by Crippen LogP contribution is 2.27. The van der Waals surface area contributed by atoms with E-state index in [1.165, 1.54) is 42.5 Å². The van der Waals surface area contributed by atoms with Crippen LogP contribution in [-0.4, -0.2) is 50.6 Å². The van der Waals surface area contributed by atoms with Gasteiger partial charge in [-0.25, -0.2) is 16.8 Å². The number of carbonyl (C=O) groups is 1. The first-order valence-electron chi connectivity index (χ1n) is 10.4. The minimum Gasteiger partial charge on any atom is -0.330 e. The molecule has 0 aliphatic carbocycles. The highest BCUT2D eigenvalue weighted by molar-refractivity contribution is 7.93. The van der Waals surface area contributed by atoms with Crippen molar-refractivity contribution in [3.63, 3.8) is 0 Å². The molecule has 3 aromatic rings. The van der Waals surface area contributed by atoms with Gasteiger partial charge in [-0.3, -0.25) is 14.2 Å². The molecule has 0 saturated heterocycles. The number of nitrogens with zero attached hydrogens (tertiary/aromatic N) is 3. The number of halogens is 4. The van der Waals surface area contributed by atoms with Crippen molar-refractivity contribution in [1.29, 1.82) is 0 Å². The van der Waals surface area contributed by atoms with Crippen LogP contribution in [0.25, 0.3) is 0 Å². The fraction of sp³-hybridized carbons (Fsp3) is 0.190. The van der Waals surface area contributed by atoms with Gasteiger partial charge in [0, 0.05) is 18.8 Å². The van der Waals surface area contributed by atoms with Crippen LogP contribution in [0.4, 0.5) is 24.7 Å². The van der Waals surface area contributed by atoms with E-state index in [-0.39, 0.29) is 51.5 Å². The summed E-state index contributed by atoms with van der Waals surface area (Å²) in [6, 6.07) is 11.4. The van der Waals surface area contributed by atoms with Crippen LogP contribution in [0, 0.1) is 0 Å². The summed E-state index contributed by atoms with van der Waals surface area (Å²) >= 11 is 5.62. The van der Waals surface area contributed by atoms with Gasteiger partial charge >= 0.3 is 12.1 Å². The average Bonchev–Trinajstić information content (AvgIpc) is 2.83.